The molecule has 1 aliphatic carbocycles. The minimum absolute atomic E-state index is 0.191. The number of rotatable bonds is 8. The Balaban J connectivity index is 1.94. The molecule has 0 aliphatic heterocycles. The third-order valence-corrected chi connectivity index (χ3v) is 3.71. The highest BCUT2D eigenvalue weighted by Crippen LogP contribution is 2.31. The standard InChI is InChI=1S/C13H28N2/c1-3-4-5-7-12(2)15-11-10-13(14)8-6-9-13/h12,15H,3-11,14H2,1-2H3. The van der Waals surface area contributed by atoms with Crippen LogP contribution in [0.4, 0.5) is 0 Å². The van der Waals surface area contributed by atoms with Gasteiger partial charge in [-0.05, 0) is 45.6 Å². The molecule has 0 aromatic heterocycles. The first-order chi connectivity index (χ1) is 7.16. The van der Waals surface area contributed by atoms with Crippen molar-refractivity contribution in [3.63, 3.8) is 0 Å². The molecular formula is C13H28N2. The molecule has 2 nitrogen and oxygen atoms in total. The van der Waals surface area contributed by atoms with Crippen LogP contribution < -0.4 is 11.1 Å². The maximum Gasteiger partial charge on any atom is 0.0166 e. The van der Waals surface area contributed by atoms with Crippen molar-refractivity contribution in [2.75, 3.05) is 6.54 Å². The van der Waals surface area contributed by atoms with Crippen LogP contribution in [0.15, 0.2) is 0 Å². The highest BCUT2D eigenvalue weighted by molar-refractivity contribution is 4.92. The zero-order valence-electron chi connectivity index (χ0n) is 10.5. The summed E-state index contributed by atoms with van der Waals surface area (Å²) in [6.45, 7) is 5.65. The average Bonchev–Trinajstić information content (AvgIpc) is 2.16. The van der Waals surface area contributed by atoms with E-state index in [1.54, 1.807) is 0 Å². The van der Waals surface area contributed by atoms with E-state index in [-0.39, 0.29) is 5.54 Å². The van der Waals surface area contributed by atoms with Gasteiger partial charge in [-0.1, -0.05) is 26.2 Å². The van der Waals surface area contributed by atoms with Crippen LogP contribution in [-0.4, -0.2) is 18.1 Å². The molecule has 0 aromatic rings. The monoisotopic (exact) mass is 212 g/mol. The number of unbranched alkanes of at least 4 members (excludes halogenated alkanes) is 2. The summed E-state index contributed by atoms with van der Waals surface area (Å²) in [6.07, 6.45) is 10.3. The van der Waals surface area contributed by atoms with E-state index in [1.807, 2.05) is 0 Å². The Hall–Kier alpha value is -0.0800. The molecule has 0 heterocycles. The Morgan fingerprint density at radius 1 is 1.33 bits per heavy atom. The van der Waals surface area contributed by atoms with Gasteiger partial charge < -0.3 is 11.1 Å². The normalized spacial score (nSPS) is 21.0. The van der Waals surface area contributed by atoms with Crippen molar-refractivity contribution in [2.45, 2.75) is 76.8 Å². The van der Waals surface area contributed by atoms with Gasteiger partial charge in [0.25, 0.3) is 0 Å². The number of nitrogens with one attached hydrogen (secondary N) is 1. The van der Waals surface area contributed by atoms with Crippen LogP contribution in [0.5, 0.6) is 0 Å². The minimum atomic E-state index is 0.191. The summed E-state index contributed by atoms with van der Waals surface area (Å²) >= 11 is 0. The highest BCUT2D eigenvalue weighted by atomic mass is 14.9. The zero-order chi connectivity index (χ0) is 11.1. The molecule has 3 N–H and O–H groups in total. The summed E-state index contributed by atoms with van der Waals surface area (Å²) in [4.78, 5) is 0. The minimum Gasteiger partial charge on any atom is -0.325 e. The Labute approximate surface area is 95.0 Å². The largest absolute Gasteiger partial charge is 0.325 e. The summed E-state index contributed by atoms with van der Waals surface area (Å²) in [6, 6.07) is 0.667. The lowest BCUT2D eigenvalue weighted by Gasteiger charge is -2.38. The molecule has 1 atom stereocenters. The van der Waals surface area contributed by atoms with Gasteiger partial charge in [0.1, 0.15) is 0 Å². The molecule has 90 valence electrons. The molecular weight excluding hydrogens is 184 g/mol. The number of nitrogens with two attached hydrogens (primary N) is 1. The predicted molar refractivity (Wildman–Crippen MR) is 67.0 cm³/mol. The van der Waals surface area contributed by atoms with Crippen LogP contribution in [0.2, 0.25) is 0 Å². The smallest absolute Gasteiger partial charge is 0.0166 e. The molecule has 1 saturated carbocycles. The lowest BCUT2D eigenvalue weighted by molar-refractivity contribution is 0.226. The van der Waals surface area contributed by atoms with Crippen molar-refractivity contribution in [1.82, 2.24) is 5.32 Å². The van der Waals surface area contributed by atoms with Gasteiger partial charge in [0.15, 0.2) is 0 Å². The topological polar surface area (TPSA) is 38.0 Å². The Morgan fingerprint density at radius 3 is 2.60 bits per heavy atom. The van der Waals surface area contributed by atoms with Crippen molar-refractivity contribution in [2.24, 2.45) is 5.73 Å². The SMILES string of the molecule is CCCCCC(C)NCCC1(N)CCC1. The quantitative estimate of drug-likeness (QED) is 0.607. The van der Waals surface area contributed by atoms with E-state index in [9.17, 15) is 0 Å². The fourth-order valence-corrected chi connectivity index (χ4v) is 2.25. The first-order valence-electron chi connectivity index (χ1n) is 6.68. The van der Waals surface area contributed by atoms with E-state index < -0.39 is 0 Å². The third-order valence-electron chi connectivity index (χ3n) is 3.71. The van der Waals surface area contributed by atoms with Gasteiger partial charge in [-0.25, -0.2) is 0 Å². The number of hydrogen-bond donors (Lipinski definition) is 2. The van der Waals surface area contributed by atoms with E-state index >= 15 is 0 Å². The van der Waals surface area contributed by atoms with Gasteiger partial charge in [-0.15, -0.1) is 0 Å². The molecule has 1 fully saturated rings. The van der Waals surface area contributed by atoms with Gasteiger partial charge in [0.2, 0.25) is 0 Å². The molecule has 0 bridgehead atoms. The van der Waals surface area contributed by atoms with E-state index in [0.717, 1.165) is 13.0 Å². The van der Waals surface area contributed by atoms with Crippen molar-refractivity contribution < 1.29 is 0 Å². The second-order valence-electron chi connectivity index (χ2n) is 5.32. The Bertz CT molecular complexity index is 164. The maximum atomic E-state index is 6.17. The van der Waals surface area contributed by atoms with Crippen molar-refractivity contribution >= 4 is 0 Å². The summed E-state index contributed by atoms with van der Waals surface area (Å²) in [7, 11) is 0. The maximum absolute atomic E-state index is 6.17. The molecule has 1 unspecified atom stereocenters. The summed E-state index contributed by atoms with van der Waals surface area (Å²) in [5.41, 5.74) is 6.36. The molecule has 1 aliphatic rings. The molecule has 2 heteroatoms. The first kappa shape index (κ1) is 13.0. The second-order valence-corrected chi connectivity index (χ2v) is 5.32. The molecule has 0 aromatic carbocycles. The van der Waals surface area contributed by atoms with Gasteiger partial charge in [0.05, 0.1) is 0 Å². The average molecular weight is 212 g/mol. The molecule has 15 heavy (non-hydrogen) atoms. The molecule has 0 saturated heterocycles. The Kier molecular flexibility index (Phi) is 5.62. The van der Waals surface area contributed by atoms with Crippen molar-refractivity contribution in [3.05, 3.63) is 0 Å². The number of hydrogen-bond acceptors (Lipinski definition) is 2. The van der Waals surface area contributed by atoms with Gasteiger partial charge in [0, 0.05) is 11.6 Å². The van der Waals surface area contributed by atoms with E-state index in [0.29, 0.717) is 6.04 Å². The van der Waals surface area contributed by atoms with Crippen LogP contribution in [0.1, 0.15) is 65.2 Å². The van der Waals surface area contributed by atoms with E-state index in [2.05, 4.69) is 19.2 Å². The fraction of sp³-hybridized carbons (Fsp3) is 1.00. The van der Waals surface area contributed by atoms with Crippen molar-refractivity contribution in [1.29, 1.82) is 0 Å². The highest BCUT2D eigenvalue weighted by Gasteiger charge is 2.31. The predicted octanol–water partition coefficient (Wildman–Crippen LogP) is 2.82. The van der Waals surface area contributed by atoms with Gasteiger partial charge >= 0.3 is 0 Å². The molecule has 0 amide bonds. The van der Waals surface area contributed by atoms with Gasteiger partial charge in [-0.2, -0.15) is 0 Å². The molecule has 1 rings (SSSR count). The van der Waals surface area contributed by atoms with Crippen LogP contribution in [0.3, 0.4) is 0 Å². The van der Waals surface area contributed by atoms with E-state index in [4.69, 9.17) is 5.73 Å². The van der Waals surface area contributed by atoms with Crippen molar-refractivity contribution in [3.8, 4) is 0 Å². The van der Waals surface area contributed by atoms with Crippen LogP contribution >= 0.6 is 0 Å². The van der Waals surface area contributed by atoms with Crippen LogP contribution in [0, 0.1) is 0 Å². The van der Waals surface area contributed by atoms with Crippen LogP contribution in [-0.2, 0) is 0 Å². The summed E-state index contributed by atoms with van der Waals surface area (Å²) in [5.74, 6) is 0. The summed E-state index contributed by atoms with van der Waals surface area (Å²) < 4.78 is 0. The zero-order valence-corrected chi connectivity index (χ0v) is 10.5. The lowest BCUT2D eigenvalue weighted by Crippen LogP contribution is -2.48. The molecule has 0 radical (unpaired) electrons. The van der Waals surface area contributed by atoms with Gasteiger partial charge in [-0.3, -0.25) is 0 Å². The fourth-order valence-electron chi connectivity index (χ4n) is 2.25. The lowest BCUT2D eigenvalue weighted by atomic mass is 9.75. The Morgan fingerprint density at radius 2 is 2.07 bits per heavy atom. The first-order valence-corrected chi connectivity index (χ1v) is 6.68. The van der Waals surface area contributed by atoms with Crippen LogP contribution in [0.25, 0.3) is 0 Å². The second kappa shape index (κ2) is 6.49. The summed E-state index contributed by atoms with van der Waals surface area (Å²) in [5, 5.41) is 3.59. The molecule has 0 spiro atoms. The third kappa shape index (κ3) is 4.98. The van der Waals surface area contributed by atoms with E-state index in [1.165, 1.54) is 44.9 Å².